The Morgan fingerprint density at radius 1 is 0.982 bits per heavy atom. The van der Waals surface area contributed by atoms with Crippen LogP contribution in [0.25, 0.3) is 11.2 Å². The molecule has 2 aromatic heterocycles. The molecule has 0 saturated heterocycles. The van der Waals surface area contributed by atoms with Crippen molar-refractivity contribution in [2.75, 3.05) is 37.4 Å². The molecule has 0 aliphatic carbocycles. The second-order valence-corrected chi connectivity index (χ2v) is 13.3. The topological polar surface area (TPSA) is 270 Å². The maximum Gasteiger partial charge on any atom is 0.474 e. The summed E-state index contributed by atoms with van der Waals surface area (Å²) in [6.45, 7) is 4.09. The van der Waals surface area contributed by atoms with Gasteiger partial charge in [-0.2, -0.15) is 18.2 Å². The van der Waals surface area contributed by atoms with Crippen molar-refractivity contribution in [2.45, 2.75) is 58.7 Å². The lowest BCUT2D eigenvalue weighted by molar-refractivity contribution is -0.139. The number of rotatable bonds is 20. The highest BCUT2D eigenvalue weighted by atomic mass is 31.2. The number of amides is 2. The van der Waals surface area contributed by atoms with Crippen LogP contribution in [0.5, 0.6) is 5.75 Å². The summed E-state index contributed by atoms with van der Waals surface area (Å²) >= 11 is 0. The van der Waals surface area contributed by atoms with Gasteiger partial charge < -0.3 is 31.6 Å². The van der Waals surface area contributed by atoms with Gasteiger partial charge in [0.25, 0.3) is 11.5 Å². The minimum atomic E-state index is -4.70. The number of nitrogen functional groups attached to an aromatic ring is 1. The summed E-state index contributed by atoms with van der Waals surface area (Å²) in [5.41, 5.74) is 11.0. The van der Waals surface area contributed by atoms with Crippen molar-refractivity contribution >= 4 is 54.7 Å². The number of phosphoric acid groups is 1. The molecular formula is C35H42F3N8O10P. The average Bonchev–Trinajstić information content (AvgIpc) is 3.15. The Bertz CT molecular complexity index is 2090. The van der Waals surface area contributed by atoms with E-state index in [1.165, 1.54) is 6.20 Å². The Hall–Kier alpha value is -5.76. The zero-order valence-corrected chi connectivity index (χ0v) is 31.8. The van der Waals surface area contributed by atoms with Crippen molar-refractivity contribution in [1.29, 1.82) is 0 Å². The SMILES string of the molecule is CCOP(=O)(OCC)OCCCCNC(=O)c1ccc(C(F)(F)F)cc1OC(=O)CCCC=O.NC(=O)c1ccc(NCc2cnc3nc(N)[nH]c(=O)c3n2)cc1. The number of nitrogens with one attached hydrogen (secondary N) is 3. The smallest absolute Gasteiger partial charge is 0.426 e. The lowest BCUT2D eigenvalue weighted by Gasteiger charge is -2.16. The van der Waals surface area contributed by atoms with Crippen molar-refractivity contribution in [3.63, 3.8) is 0 Å². The summed E-state index contributed by atoms with van der Waals surface area (Å²) in [6.07, 6.45) is -1.72. The van der Waals surface area contributed by atoms with Gasteiger partial charge in [-0.15, -0.1) is 0 Å². The summed E-state index contributed by atoms with van der Waals surface area (Å²) < 4.78 is 71.5. The molecule has 0 bridgehead atoms. The van der Waals surface area contributed by atoms with Gasteiger partial charge in [-0.05, 0) is 75.6 Å². The molecule has 57 heavy (non-hydrogen) atoms. The van der Waals surface area contributed by atoms with Gasteiger partial charge >= 0.3 is 20.0 Å². The number of hydrogen-bond donors (Lipinski definition) is 5. The van der Waals surface area contributed by atoms with Gasteiger partial charge in [0.05, 0.1) is 49.4 Å². The van der Waals surface area contributed by atoms with Gasteiger partial charge in [0.1, 0.15) is 12.0 Å². The number of ether oxygens (including phenoxy) is 1. The van der Waals surface area contributed by atoms with E-state index >= 15 is 0 Å². The number of carbonyl (C=O) groups is 4. The lowest BCUT2D eigenvalue weighted by atomic mass is 10.1. The van der Waals surface area contributed by atoms with Gasteiger partial charge in [0.15, 0.2) is 11.2 Å². The fourth-order valence-electron chi connectivity index (χ4n) is 4.60. The number of fused-ring (bicyclic) bond motifs is 1. The number of benzene rings is 2. The lowest BCUT2D eigenvalue weighted by Crippen LogP contribution is -2.26. The van der Waals surface area contributed by atoms with E-state index < -0.39 is 48.7 Å². The molecule has 0 aliphatic rings. The third-order valence-electron chi connectivity index (χ3n) is 7.29. The van der Waals surface area contributed by atoms with Crippen LogP contribution in [0.3, 0.4) is 0 Å². The monoisotopic (exact) mass is 822 g/mol. The number of nitrogens with two attached hydrogens (primary N) is 2. The molecular weight excluding hydrogens is 780 g/mol. The van der Waals surface area contributed by atoms with E-state index in [-0.39, 0.29) is 68.3 Å². The van der Waals surface area contributed by atoms with Crippen LogP contribution < -0.4 is 32.4 Å². The van der Waals surface area contributed by atoms with E-state index in [0.29, 0.717) is 49.1 Å². The third-order valence-corrected chi connectivity index (χ3v) is 8.94. The largest absolute Gasteiger partial charge is 0.474 e. The predicted octanol–water partition coefficient (Wildman–Crippen LogP) is 4.69. The molecule has 22 heteroatoms. The highest BCUT2D eigenvalue weighted by molar-refractivity contribution is 7.48. The molecule has 18 nitrogen and oxygen atoms in total. The molecule has 0 fully saturated rings. The zero-order valence-electron chi connectivity index (χ0n) is 30.9. The first-order valence-corrected chi connectivity index (χ1v) is 18.9. The van der Waals surface area contributed by atoms with Crippen LogP contribution in [0.2, 0.25) is 0 Å². The zero-order chi connectivity index (χ0) is 42.0. The molecule has 7 N–H and O–H groups in total. The molecule has 0 atom stereocenters. The first-order valence-electron chi connectivity index (χ1n) is 17.4. The van der Waals surface area contributed by atoms with Crippen molar-refractivity contribution in [3.05, 3.63) is 81.4 Å². The summed E-state index contributed by atoms with van der Waals surface area (Å²) in [7, 11) is -3.63. The number of aromatic amines is 1. The number of aldehydes is 1. The van der Waals surface area contributed by atoms with Gasteiger partial charge in [-0.3, -0.25) is 37.7 Å². The molecule has 2 aromatic carbocycles. The Balaban J connectivity index is 0.000000326. The van der Waals surface area contributed by atoms with E-state index in [4.69, 9.17) is 29.8 Å². The van der Waals surface area contributed by atoms with Crippen LogP contribution >= 0.6 is 7.82 Å². The number of alkyl halides is 3. The van der Waals surface area contributed by atoms with Crippen molar-refractivity contribution in [3.8, 4) is 5.75 Å². The van der Waals surface area contributed by atoms with Gasteiger partial charge in [-0.1, -0.05) is 0 Å². The fourth-order valence-corrected chi connectivity index (χ4v) is 5.81. The maximum absolute atomic E-state index is 13.1. The number of H-pyrrole nitrogens is 1. The quantitative estimate of drug-likeness (QED) is 0.0266. The second kappa shape index (κ2) is 22.1. The standard InChI is InChI=1S/C21H29F3NO8P.C14H13N7O2/c1-3-30-34(29,31-4-2)32-14-8-6-12-25-20(28)17-11-10-16(21(22,23)24)15-18(17)33-19(27)9-5-7-13-26;15-11(22)7-1-3-8(4-2-7)17-5-9-6-18-12-10(19-9)13(23)21-14(16)20-12/h10-11,13,15H,3-9,12,14H2,1-2H3,(H,25,28);1-4,6,17H,5H2,(H2,15,22)(H3,16,18,20,21,23). The summed E-state index contributed by atoms with van der Waals surface area (Å²) in [5.74, 6) is -2.61. The number of esters is 1. The highest BCUT2D eigenvalue weighted by Gasteiger charge is 2.32. The second-order valence-electron chi connectivity index (χ2n) is 11.6. The number of anilines is 2. The predicted molar refractivity (Wildman–Crippen MR) is 200 cm³/mol. The molecule has 0 unspecified atom stereocenters. The Labute approximate surface area is 323 Å². The number of nitrogens with zero attached hydrogens (tertiary/aromatic N) is 3. The van der Waals surface area contributed by atoms with Crippen molar-refractivity contribution in [1.82, 2.24) is 25.3 Å². The van der Waals surface area contributed by atoms with Gasteiger partial charge in [-0.25, -0.2) is 14.5 Å². The van der Waals surface area contributed by atoms with Crippen LogP contribution in [0.15, 0.2) is 53.5 Å². The fraction of sp³-hybridized carbons (Fsp3) is 0.371. The van der Waals surface area contributed by atoms with E-state index in [0.717, 1.165) is 11.8 Å². The molecule has 4 aromatic rings. The minimum Gasteiger partial charge on any atom is -0.426 e. The first-order chi connectivity index (χ1) is 27.1. The molecule has 2 heterocycles. The summed E-state index contributed by atoms with van der Waals surface area (Å²) in [5, 5.41) is 5.64. The number of unbranched alkanes of at least 4 members (excludes halogenated alkanes) is 2. The van der Waals surface area contributed by atoms with E-state index in [2.05, 4.69) is 30.6 Å². The van der Waals surface area contributed by atoms with E-state index in [9.17, 15) is 41.7 Å². The van der Waals surface area contributed by atoms with E-state index in [1.807, 2.05) is 0 Å². The molecule has 0 saturated carbocycles. The molecule has 2 amide bonds. The maximum atomic E-state index is 13.1. The van der Waals surface area contributed by atoms with Gasteiger partial charge in [0, 0.05) is 30.6 Å². The van der Waals surface area contributed by atoms with Crippen LogP contribution in [0.4, 0.5) is 24.8 Å². The number of halogens is 3. The number of carbonyl (C=O) groups excluding carboxylic acids is 4. The number of aromatic nitrogens is 4. The summed E-state index contributed by atoms with van der Waals surface area (Å²) in [6, 6.07) is 8.91. The molecule has 0 aliphatic heterocycles. The third kappa shape index (κ3) is 15.0. The minimum absolute atomic E-state index is 0.00258. The Morgan fingerprint density at radius 2 is 1.68 bits per heavy atom. The number of primary amides is 1. The van der Waals surface area contributed by atoms with Crippen LogP contribution in [0, 0.1) is 0 Å². The van der Waals surface area contributed by atoms with Crippen molar-refractivity contribution < 1.29 is 55.2 Å². The first kappa shape index (κ1) is 45.6. The Morgan fingerprint density at radius 3 is 2.32 bits per heavy atom. The molecule has 0 spiro atoms. The molecule has 4 rings (SSSR count). The van der Waals surface area contributed by atoms with Crippen LogP contribution in [0.1, 0.15) is 77.9 Å². The van der Waals surface area contributed by atoms with Crippen LogP contribution in [-0.4, -0.2) is 70.4 Å². The molecule has 0 radical (unpaired) electrons. The van der Waals surface area contributed by atoms with Crippen molar-refractivity contribution in [2.24, 2.45) is 5.73 Å². The highest BCUT2D eigenvalue weighted by Crippen LogP contribution is 2.49. The normalized spacial score (nSPS) is 11.3. The number of phosphoric ester groups is 1. The summed E-state index contributed by atoms with van der Waals surface area (Å²) in [4.78, 5) is 72.1. The van der Waals surface area contributed by atoms with Crippen LogP contribution in [-0.2, 0) is 40.4 Å². The Kier molecular flexibility index (Phi) is 17.7. The molecule has 308 valence electrons. The van der Waals surface area contributed by atoms with E-state index in [1.54, 1.807) is 38.1 Å². The van der Waals surface area contributed by atoms with Gasteiger partial charge in [0.2, 0.25) is 11.9 Å². The average molecular weight is 823 g/mol. The number of hydrogen-bond acceptors (Lipinski definition) is 15.